The summed E-state index contributed by atoms with van der Waals surface area (Å²) in [7, 11) is 0. The molecule has 0 aliphatic rings. The van der Waals surface area contributed by atoms with Crippen LogP contribution in [0.1, 0.15) is 41.3 Å². The first-order valence-electron chi connectivity index (χ1n) is 7.64. The molecular weight excluding hydrogens is 286 g/mol. The Labute approximate surface area is 135 Å². The minimum Gasteiger partial charge on any atom is -0.360 e. The van der Waals surface area contributed by atoms with E-state index in [0.717, 1.165) is 16.5 Å². The monoisotopic (exact) mass is 305 g/mol. The first-order valence-corrected chi connectivity index (χ1v) is 7.64. The van der Waals surface area contributed by atoms with Gasteiger partial charge in [-0.05, 0) is 23.1 Å². The van der Waals surface area contributed by atoms with Gasteiger partial charge in [0.15, 0.2) is 0 Å². The van der Waals surface area contributed by atoms with Crippen molar-refractivity contribution in [2.24, 2.45) is 5.10 Å². The van der Waals surface area contributed by atoms with Crippen molar-refractivity contribution < 1.29 is 4.79 Å². The maximum atomic E-state index is 12.2. The van der Waals surface area contributed by atoms with Crippen molar-refractivity contribution in [1.29, 1.82) is 0 Å². The van der Waals surface area contributed by atoms with Crippen molar-refractivity contribution in [3.8, 4) is 0 Å². The van der Waals surface area contributed by atoms with Crippen LogP contribution in [-0.4, -0.2) is 17.1 Å². The van der Waals surface area contributed by atoms with Crippen molar-refractivity contribution >= 4 is 23.0 Å². The summed E-state index contributed by atoms with van der Waals surface area (Å²) in [5.41, 5.74) is 6.34. The van der Waals surface area contributed by atoms with Crippen LogP contribution < -0.4 is 5.43 Å². The summed E-state index contributed by atoms with van der Waals surface area (Å²) in [5, 5.41) is 4.93. The Bertz CT molecular complexity index is 844. The molecule has 2 aromatic carbocycles. The molecule has 1 heterocycles. The molecule has 0 saturated carbocycles. The van der Waals surface area contributed by atoms with Gasteiger partial charge in [0.2, 0.25) is 0 Å². The number of hydrogen-bond acceptors (Lipinski definition) is 2. The highest BCUT2D eigenvalue weighted by Gasteiger charge is 2.10. The van der Waals surface area contributed by atoms with Gasteiger partial charge in [-0.25, -0.2) is 5.43 Å². The molecule has 116 valence electrons. The number of hydrogen-bond donors (Lipinski definition) is 2. The topological polar surface area (TPSA) is 57.2 Å². The van der Waals surface area contributed by atoms with Gasteiger partial charge in [-0.15, -0.1) is 0 Å². The molecule has 0 atom stereocenters. The van der Waals surface area contributed by atoms with Crippen molar-refractivity contribution in [3.63, 3.8) is 0 Å². The van der Waals surface area contributed by atoms with Crippen LogP contribution in [0.25, 0.3) is 10.9 Å². The van der Waals surface area contributed by atoms with Crippen LogP contribution in [0.5, 0.6) is 0 Å². The number of carbonyl (C=O) groups is 1. The van der Waals surface area contributed by atoms with E-state index in [4.69, 9.17) is 0 Å². The van der Waals surface area contributed by atoms with Crippen LogP contribution in [0.4, 0.5) is 0 Å². The second-order valence-corrected chi connectivity index (χ2v) is 5.77. The number of benzene rings is 2. The summed E-state index contributed by atoms with van der Waals surface area (Å²) in [6.45, 7) is 4.31. The lowest BCUT2D eigenvalue weighted by Crippen LogP contribution is -2.17. The lowest BCUT2D eigenvalue weighted by atomic mass is 10.0. The Morgan fingerprint density at radius 1 is 1.13 bits per heavy atom. The quantitative estimate of drug-likeness (QED) is 0.554. The highest BCUT2D eigenvalue weighted by molar-refractivity contribution is 6.06. The smallest absolute Gasteiger partial charge is 0.273 e. The molecule has 2 N–H and O–H groups in total. The molecule has 0 radical (unpaired) electrons. The molecule has 0 aliphatic carbocycles. The largest absolute Gasteiger partial charge is 0.360 e. The van der Waals surface area contributed by atoms with E-state index in [-0.39, 0.29) is 5.91 Å². The second-order valence-electron chi connectivity index (χ2n) is 5.77. The predicted molar refractivity (Wildman–Crippen MR) is 93.9 cm³/mol. The molecule has 0 bridgehead atoms. The summed E-state index contributed by atoms with van der Waals surface area (Å²) < 4.78 is 0. The average Bonchev–Trinajstić information content (AvgIpc) is 2.99. The summed E-state index contributed by atoms with van der Waals surface area (Å²) in [6, 6.07) is 15.8. The number of aromatic amines is 1. The fourth-order valence-electron chi connectivity index (χ4n) is 2.45. The summed E-state index contributed by atoms with van der Waals surface area (Å²) >= 11 is 0. The zero-order chi connectivity index (χ0) is 16.2. The molecule has 3 rings (SSSR count). The SMILES string of the molecule is CC(C)c1ccc(/C=N\NC(=O)c2c[nH]c3ccccc23)cc1. The number of carbonyl (C=O) groups excluding carboxylic acids is 1. The molecule has 1 aromatic heterocycles. The minimum absolute atomic E-state index is 0.225. The number of fused-ring (bicyclic) bond motifs is 1. The van der Waals surface area contributed by atoms with Crippen molar-refractivity contribution in [1.82, 2.24) is 10.4 Å². The highest BCUT2D eigenvalue weighted by Crippen LogP contribution is 2.17. The standard InChI is InChI=1S/C19H19N3O/c1-13(2)15-9-7-14(8-10-15)11-21-22-19(23)17-12-20-18-6-4-3-5-16(17)18/h3-13,20H,1-2H3,(H,22,23)/b21-11-. The van der Waals surface area contributed by atoms with E-state index in [1.165, 1.54) is 5.56 Å². The Morgan fingerprint density at radius 3 is 2.61 bits per heavy atom. The summed E-state index contributed by atoms with van der Waals surface area (Å²) in [5.74, 6) is 0.278. The number of nitrogens with zero attached hydrogens (tertiary/aromatic N) is 1. The van der Waals surface area contributed by atoms with Gasteiger partial charge in [0.05, 0.1) is 11.8 Å². The van der Waals surface area contributed by atoms with Crippen LogP contribution in [-0.2, 0) is 0 Å². The fraction of sp³-hybridized carbons (Fsp3) is 0.158. The minimum atomic E-state index is -0.225. The molecule has 0 aliphatic heterocycles. The zero-order valence-corrected chi connectivity index (χ0v) is 13.2. The van der Waals surface area contributed by atoms with E-state index in [1.54, 1.807) is 12.4 Å². The van der Waals surface area contributed by atoms with Crippen LogP contribution in [0.15, 0.2) is 59.8 Å². The molecule has 3 aromatic rings. The normalized spacial score (nSPS) is 11.4. The number of para-hydroxylation sites is 1. The molecule has 0 fully saturated rings. The molecular formula is C19H19N3O. The van der Waals surface area contributed by atoms with Crippen LogP contribution in [0, 0.1) is 0 Å². The Hall–Kier alpha value is -2.88. The first kappa shape index (κ1) is 15.0. The first-order chi connectivity index (χ1) is 11.1. The average molecular weight is 305 g/mol. The molecule has 4 nitrogen and oxygen atoms in total. The maximum absolute atomic E-state index is 12.2. The third-order valence-electron chi connectivity index (χ3n) is 3.82. The van der Waals surface area contributed by atoms with E-state index in [2.05, 4.69) is 41.5 Å². The summed E-state index contributed by atoms with van der Waals surface area (Å²) in [4.78, 5) is 15.3. The Morgan fingerprint density at radius 2 is 1.87 bits per heavy atom. The predicted octanol–water partition coefficient (Wildman–Crippen LogP) is 4.06. The lowest BCUT2D eigenvalue weighted by Gasteiger charge is -2.04. The number of H-pyrrole nitrogens is 1. The van der Waals surface area contributed by atoms with E-state index in [0.29, 0.717) is 11.5 Å². The van der Waals surface area contributed by atoms with Crippen LogP contribution >= 0.6 is 0 Å². The second kappa shape index (κ2) is 6.48. The molecule has 23 heavy (non-hydrogen) atoms. The van der Waals surface area contributed by atoms with Gasteiger partial charge in [-0.2, -0.15) is 5.10 Å². The molecule has 4 heteroatoms. The van der Waals surface area contributed by atoms with Crippen LogP contribution in [0.2, 0.25) is 0 Å². The van der Waals surface area contributed by atoms with Crippen LogP contribution in [0.3, 0.4) is 0 Å². The lowest BCUT2D eigenvalue weighted by molar-refractivity contribution is 0.0957. The third-order valence-corrected chi connectivity index (χ3v) is 3.82. The van der Waals surface area contributed by atoms with Crippen molar-refractivity contribution in [2.45, 2.75) is 19.8 Å². The van der Waals surface area contributed by atoms with Crippen molar-refractivity contribution in [3.05, 3.63) is 71.4 Å². The number of nitrogens with one attached hydrogen (secondary N) is 2. The van der Waals surface area contributed by atoms with E-state index in [9.17, 15) is 4.79 Å². The number of hydrazone groups is 1. The van der Waals surface area contributed by atoms with Gasteiger partial charge in [-0.3, -0.25) is 4.79 Å². The third kappa shape index (κ3) is 3.31. The van der Waals surface area contributed by atoms with Gasteiger partial charge in [0.1, 0.15) is 0 Å². The van der Waals surface area contributed by atoms with Gasteiger partial charge in [-0.1, -0.05) is 56.3 Å². The van der Waals surface area contributed by atoms with E-state index < -0.39 is 0 Å². The fourth-order valence-corrected chi connectivity index (χ4v) is 2.45. The number of aromatic nitrogens is 1. The van der Waals surface area contributed by atoms with Crippen molar-refractivity contribution in [2.75, 3.05) is 0 Å². The van der Waals surface area contributed by atoms with Gasteiger partial charge < -0.3 is 4.98 Å². The zero-order valence-electron chi connectivity index (χ0n) is 13.2. The molecule has 0 spiro atoms. The van der Waals surface area contributed by atoms with Gasteiger partial charge >= 0.3 is 0 Å². The molecule has 0 unspecified atom stereocenters. The Kier molecular flexibility index (Phi) is 4.24. The molecule has 1 amide bonds. The Balaban J connectivity index is 1.69. The van der Waals surface area contributed by atoms with Gasteiger partial charge in [0.25, 0.3) is 5.91 Å². The van der Waals surface area contributed by atoms with Gasteiger partial charge in [0, 0.05) is 17.1 Å². The maximum Gasteiger partial charge on any atom is 0.273 e. The number of amides is 1. The number of rotatable bonds is 4. The van der Waals surface area contributed by atoms with E-state index in [1.807, 2.05) is 36.4 Å². The summed E-state index contributed by atoms with van der Waals surface area (Å²) in [6.07, 6.45) is 3.35. The highest BCUT2D eigenvalue weighted by atomic mass is 16.2. The van der Waals surface area contributed by atoms with E-state index >= 15 is 0 Å². The molecule has 0 saturated heterocycles.